The predicted molar refractivity (Wildman–Crippen MR) is 70.8 cm³/mol. The van der Waals surface area contributed by atoms with E-state index in [1.165, 1.54) is 6.07 Å². The first kappa shape index (κ1) is 14.4. The van der Waals surface area contributed by atoms with E-state index in [-0.39, 0.29) is 6.04 Å². The fourth-order valence-corrected chi connectivity index (χ4v) is 2.74. The van der Waals surface area contributed by atoms with Crippen LogP contribution in [0.25, 0.3) is 0 Å². The van der Waals surface area contributed by atoms with Gasteiger partial charge >= 0.3 is 0 Å². The molecule has 1 aliphatic carbocycles. The van der Waals surface area contributed by atoms with Gasteiger partial charge in [-0.15, -0.1) is 0 Å². The highest BCUT2D eigenvalue weighted by molar-refractivity contribution is 5.20. The van der Waals surface area contributed by atoms with E-state index < -0.39 is 11.6 Å². The van der Waals surface area contributed by atoms with Crippen LogP contribution in [0.4, 0.5) is 8.78 Å². The molecular formula is C15H21F2NO. The molecule has 1 aromatic carbocycles. The summed E-state index contributed by atoms with van der Waals surface area (Å²) in [4.78, 5) is 0. The van der Waals surface area contributed by atoms with Crippen molar-refractivity contribution in [2.75, 3.05) is 6.61 Å². The van der Waals surface area contributed by atoms with E-state index in [4.69, 9.17) is 10.5 Å². The van der Waals surface area contributed by atoms with Crippen molar-refractivity contribution in [3.63, 3.8) is 0 Å². The molecule has 0 saturated heterocycles. The first-order valence-corrected chi connectivity index (χ1v) is 6.90. The Kier molecular flexibility index (Phi) is 4.88. The van der Waals surface area contributed by atoms with Crippen molar-refractivity contribution in [3.05, 3.63) is 35.4 Å². The van der Waals surface area contributed by atoms with Gasteiger partial charge in [0.05, 0.1) is 6.10 Å². The van der Waals surface area contributed by atoms with Crippen LogP contribution in [-0.4, -0.2) is 18.8 Å². The monoisotopic (exact) mass is 269 g/mol. The largest absolute Gasteiger partial charge is 0.378 e. The maximum atomic E-state index is 13.5. The fourth-order valence-electron chi connectivity index (χ4n) is 2.74. The zero-order valence-electron chi connectivity index (χ0n) is 11.2. The number of hydrogen-bond acceptors (Lipinski definition) is 2. The summed E-state index contributed by atoms with van der Waals surface area (Å²) < 4.78 is 32.1. The molecule has 0 aromatic heterocycles. The second kappa shape index (κ2) is 6.44. The van der Waals surface area contributed by atoms with E-state index >= 15 is 0 Å². The summed E-state index contributed by atoms with van der Waals surface area (Å²) in [6, 6.07) is 4.13. The van der Waals surface area contributed by atoms with Crippen LogP contribution in [0.5, 0.6) is 0 Å². The van der Waals surface area contributed by atoms with Crippen molar-refractivity contribution >= 4 is 0 Å². The fraction of sp³-hybridized carbons (Fsp3) is 0.600. The van der Waals surface area contributed by atoms with Gasteiger partial charge in [0.25, 0.3) is 0 Å². The number of nitrogens with two attached hydrogens (primary N) is 1. The van der Waals surface area contributed by atoms with Crippen molar-refractivity contribution in [2.45, 2.75) is 44.8 Å². The normalized spacial score (nSPS) is 24.0. The number of halogens is 2. The molecule has 2 nitrogen and oxygen atoms in total. The third kappa shape index (κ3) is 3.74. The maximum Gasteiger partial charge on any atom is 0.162 e. The Balaban J connectivity index is 1.79. The van der Waals surface area contributed by atoms with Crippen LogP contribution in [0.2, 0.25) is 0 Å². The van der Waals surface area contributed by atoms with Gasteiger partial charge in [0.1, 0.15) is 0 Å². The van der Waals surface area contributed by atoms with Gasteiger partial charge in [-0.05, 0) is 50.2 Å². The van der Waals surface area contributed by atoms with Gasteiger partial charge in [0.2, 0.25) is 0 Å². The first-order chi connectivity index (χ1) is 9.10. The summed E-state index contributed by atoms with van der Waals surface area (Å²) in [6.07, 6.45) is 3.67. The summed E-state index contributed by atoms with van der Waals surface area (Å²) >= 11 is 0. The highest BCUT2D eigenvalue weighted by atomic mass is 19.2. The Morgan fingerprint density at radius 1 is 1.37 bits per heavy atom. The van der Waals surface area contributed by atoms with Gasteiger partial charge in [0, 0.05) is 12.6 Å². The van der Waals surface area contributed by atoms with Crippen molar-refractivity contribution in [2.24, 2.45) is 11.7 Å². The number of ether oxygens (including phenoxy) is 1. The molecule has 1 aliphatic rings. The molecule has 0 aliphatic heterocycles. The Morgan fingerprint density at radius 2 is 2.11 bits per heavy atom. The van der Waals surface area contributed by atoms with E-state index in [0.717, 1.165) is 31.9 Å². The third-order valence-corrected chi connectivity index (χ3v) is 3.74. The zero-order valence-corrected chi connectivity index (χ0v) is 11.2. The molecule has 1 atom stereocenters. The minimum atomic E-state index is -0.801. The average Bonchev–Trinajstić information content (AvgIpc) is 2.32. The lowest BCUT2D eigenvalue weighted by Crippen LogP contribution is -2.36. The molecule has 2 rings (SSSR count). The Morgan fingerprint density at radius 3 is 2.79 bits per heavy atom. The SMILES string of the molecule is CCOC1CC(CC(N)Cc2cccc(F)c2F)C1. The van der Waals surface area contributed by atoms with E-state index in [2.05, 4.69) is 0 Å². The standard InChI is InChI=1S/C15H21F2NO/c1-2-19-13-7-10(8-13)6-12(18)9-11-4-3-5-14(16)15(11)17/h3-5,10,12-13H,2,6-9,18H2,1H3. The van der Waals surface area contributed by atoms with Crippen LogP contribution in [0.3, 0.4) is 0 Å². The summed E-state index contributed by atoms with van der Waals surface area (Å²) in [7, 11) is 0. The van der Waals surface area contributed by atoms with Gasteiger partial charge in [0.15, 0.2) is 11.6 Å². The molecule has 1 saturated carbocycles. The summed E-state index contributed by atoms with van der Waals surface area (Å²) in [6.45, 7) is 2.74. The molecule has 0 bridgehead atoms. The molecule has 0 heterocycles. The maximum absolute atomic E-state index is 13.5. The molecule has 0 spiro atoms. The molecule has 106 valence electrons. The predicted octanol–water partition coefficient (Wildman–Crippen LogP) is 3.04. The molecule has 19 heavy (non-hydrogen) atoms. The van der Waals surface area contributed by atoms with E-state index in [9.17, 15) is 8.78 Å². The third-order valence-electron chi connectivity index (χ3n) is 3.74. The van der Waals surface area contributed by atoms with Gasteiger partial charge in [-0.25, -0.2) is 8.78 Å². The van der Waals surface area contributed by atoms with Gasteiger partial charge in [-0.2, -0.15) is 0 Å². The highest BCUT2D eigenvalue weighted by Gasteiger charge is 2.30. The average molecular weight is 269 g/mol. The highest BCUT2D eigenvalue weighted by Crippen LogP contribution is 2.33. The van der Waals surface area contributed by atoms with Crippen LogP contribution < -0.4 is 5.73 Å². The van der Waals surface area contributed by atoms with Crippen molar-refractivity contribution in [1.82, 2.24) is 0 Å². The second-order valence-corrected chi connectivity index (χ2v) is 5.33. The molecule has 1 fully saturated rings. The molecule has 2 N–H and O–H groups in total. The van der Waals surface area contributed by atoms with Gasteiger partial charge < -0.3 is 10.5 Å². The Labute approximate surface area is 112 Å². The van der Waals surface area contributed by atoms with Crippen molar-refractivity contribution < 1.29 is 13.5 Å². The lowest BCUT2D eigenvalue weighted by Gasteiger charge is -2.36. The van der Waals surface area contributed by atoms with Crippen molar-refractivity contribution in [3.8, 4) is 0 Å². The molecule has 1 unspecified atom stereocenters. The molecule has 1 aromatic rings. The number of hydrogen-bond donors (Lipinski definition) is 1. The summed E-state index contributed by atoms with van der Waals surface area (Å²) in [5.74, 6) is -1.01. The van der Waals surface area contributed by atoms with Crippen LogP contribution in [0, 0.1) is 17.6 Å². The van der Waals surface area contributed by atoms with Crippen molar-refractivity contribution in [1.29, 1.82) is 0 Å². The minimum absolute atomic E-state index is 0.121. The molecular weight excluding hydrogens is 248 g/mol. The Bertz CT molecular complexity index is 419. The molecule has 0 amide bonds. The van der Waals surface area contributed by atoms with Crippen LogP contribution in [0.1, 0.15) is 31.7 Å². The van der Waals surface area contributed by atoms with Crippen LogP contribution in [-0.2, 0) is 11.2 Å². The van der Waals surface area contributed by atoms with E-state index in [0.29, 0.717) is 24.0 Å². The smallest absolute Gasteiger partial charge is 0.162 e. The van der Waals surface area contributed by atoms with E-state index in [1.54, 1.807) is 6.07 Å². The topological polar surface area (TPSA) is 35.2 Å². The first-order valence-electron chi connectivity index (χ1n) is 6.90. The lowest BCUT2D eigenvalue weighted by molar-refractivity contribution is -0.0281. The quantitative estimate of drug-likeness (QED) is 0.861. The lowest BCUT2D eigenvalue weighted by atomic mass is 9.77. The van der Waals surface area contributed by atoms with Crippen LogP contribution in [0.15, 0.2) is 18.2 Å². The Hall–Kier alpha value is -1.00. The summed E-state index contributed by atoms with van der Waals surface area (Å²) in [5, 5.41) is 0. The second-order valence-electron chi connectivity index (χ2n) is 5.33. The van der Waals surface area contributed by atoms with E-state index in [1.807, 2.05) is 6.92 Å². The minimum Gasteiger partial charge on any atom is -0.378 e. The molecule has 4 heteroatoms. The van der Waals surface area contributed by atoms with Gasteiger partial charge in [-0.3, -0.25) is 0 Å². The summed E-state index contributed by atoms with van der Waals surface area (Å²) in [5.41, 5.74) is 6.39. The molecule has 0 radical (unpaired) electrons. The number of rotatable bonds is 6. The zero-order chi connectivity index (χ0) is 13.8. The number of benzene rings is 1. The van der Waals surface area contributed by atoms with Crippen LogP contribution >= 0.6 is 0 Å². The van der Waals surface area contributed by atoms with Gasteiger partial charge in [-0.1, -0.05) is 12.1 Å².